The number of aryl methyl sites for hydroxylation is 1. The molecule has 0 aromatic heterocycles. The highest BCUT2D eigenvalue weighted by molar-refractivity contribution is 6.35. The first kappa shape index (κ1) is 29.4. The van der Waals surface area contributed by atoms with Crippen LogP contribution in [0.25, 0.3) is 0 Å². The fourth-order valence-corrected chi connectivity index (χ4v) is 3.06. The van der Waals surface area contributed by atoms with Crippen LogP contribution in [0.4, 0.5) is 13.2 Å². The molecule has 0 spiro atoms. The Morgan fingerprint density at radius 2 is 1.36 bits per heavy atom. The molecule has 2 rings (SSSR count). The van der Waals surface area contributed by atoms with E-state index < -0.39 is 18.2 Å². The molecule has 2 aromatic rings. The van der Waals surface area contributed by atoms with Crippen molar-refractivity contribution in [1.82, 2.24) is 0 Å². The summed E-state index contributed by atoms with van der Waals surface area (Å²) in [7, 11) is 3.39. The summed E-state index contributed by atoms with van der Waals surface area (Å²) < 4.78 is 57.7. The molecule has 0 saturated carbocycles. The van der Waals surface area contributed by atoms with E-state index in [4.69, 9.17) is 37.4 Å². The molecule has 1 unspecified atom stereocenters. The van der Waals surface area contributed by atoms with Gasteiger partial charge in [0.25, 0.3) is 0 Å². The summed E-state index contributed by atoms with van der Waals surface area (Å²) in [6, 6.07) is 9.16. The van der Waals surface area contributed by atoms with Gasteiger partial charge in [-0.2, -0.15) is 0 Å². The Hall–Kier alpha value is -1.67. The Balaban J connectivity index is 0.000000461. The predicted octanol–water partition coefficient (Wildman–Crippen LogP) is 8.18. The molecular weight excluding hydrogens is 480 g/mol. The second-order valence-electron chi connectivity index (χ2n) is 8.35. The van der Waals surface area contributed by atoms with Crippen LogP contribution in [-0.2, 0) is 9.47 Å². The molecule has 2 aromatic carbocycles. The van der Waals surface area contributed by atoms with Crippen LogP contribution in [0.1, 0.15) is 51.8 Å². The lowest BCUT2D eigenvalue weighted by Gasteiger charge is -2.38. The van der Waals surface area contributed by atoms with Crippen LogP contribution < -0.4 is 9.47 Å². The summed E-state index contributed by atoms with van der Waals surface area (Å²) in [5.41, 5.74) is 0.757. The van der Waals surface area contributed by atoms with E-state index in [0.717, 1.165) is 0 Å². The zero-order chi connectivity index (χ0) is 25.6. The van der Waals surface area contributed by atoms with Crippen molar-refractivity contribution in [3.05, 3.63) is 57.6 Å². The van der Waals surface area contributed by atoms with Crippen molar-refractivity contribution in [2.45, 2.75) is 65.2 Å². The average molecular weight is 511 g/mol. The van der Waals surface area contributed by atoms with Gasteiger partial charge in [-0.05, 0) is 71.4 Å². The summed E-state index contributed by atoms with van der Waals surface area (Å²) in [4.78, 5) is 0. The molecule has 0 saturated heterocycles. The Morgan fingerprint density at radius 1 is 0.818 bits per heavy atom. The molecule has 0 bridgehead atoms. The second-order valence-corrected chi connectivity index (χ2v) is 9.20. The Bertz CT molecular complexity index is 901. The summed E-state index contributed by atoms with van der Waals surface area (Å²) in [5, 5.41) is 0.831. The molecule has 9 heteroatoms. The minimum atomic E-state index is -4.80. The number of ether oxygens (including phenoxy) is 4. The van der Waals surface area contributed by atoms with Crippen molar-refractivity contribution >= 4 is 23.2 Å². The number of halogens is 5. The molecule has 0 N–H and O–H groups in total. The van der Waals surface area contributed by atoms with Gasteiger partial charge in [-0.15, -0.1) is 13.2 Å². The molecule has 0 aliphatic heterocycles. The third-order valence-corrected chi connectivity index (χ3v) is 6.06. The lowest BCUT2D eigenvalue weighted by Crippen LogP contribution is -2.48. The van der Waals surface area contributed by atoms with E-state index >= 15 is 0 Å². The normalized spacial score (nSPS) is 13.1. The van der Waals surface area contributed by atoms with E-state index in [2.05, 4.69) is 4.74 Å². The third kappa shape index (κ3) is 8.89. The summed E-state index contributed by atoms with van der Waals surface area (Å²) in [6.07, 6.45) is -5.38. The van der Waals surface area contributed by atoms with E-state index in [-0.39, 0.29) is 17.0 Å². The number of hydrogen-bond donors (Lipinski definition) is 0. The maximum atomic E-state index is 12.5. The van der Waals surface area contributed by atoms with Crippen LogP contribution >= 0.6 is 23.2 Å². The van der Waals surface area contributed by atoms with Crippen molar-refractivity contribution in [2.75, 3.05) is 14.2 Å². The Labute approximate surface area is 203 Å². The first-order chi connectivity index (χ1) is 15.0. The van der Waals surface area contributed by atoms with Gasteiger partial charge in [0, 0.05) is 29.8 Å². The molecule has 1 atom stereocenters. The lowest BCUT2D eigenvalue weighted by atomic mass is 9.89. The molecule has 0 amide bonds. The van der Waals surface area contributed by atoms with Gasteiger partial charge in [-0.1, -0.05) is 35.3 Å². The lowest BCUT2D eigenvalue weighted by molar-refractivity contribution is -0.275. The highest BCUT2D eigenvalue weighted by Gasteiger charge is 2.37. The van der Waals surface area contributed by atoms with Crippen LogP contribution in [0.5, 0.6) is 11.5 Å². The van der Waals surface area contributed by atoms with Gasteiger partial charge < -0.3 is 18.9 Å². The Kier molecular flexibility index (Phi) is 10.4. The molecule has 0 heterocycles. The Morgan fingerprint density at radius 3 is 1.82 bits per heavy atom. The maximum Gasteiger partial charge on any atom is 0.573 e. The highest BCUT2D eigenvalue weighted by atomic mass is 35.5. The minimum absolute atomic E-state index is 0.0218. The van der Waals surface area contributed by atoms with Gasteiger partial charge in [0.2, 0.25) is 0 Å². The molecule has 0 fully saturated rings. The monoisotopic (exact) mass is 510 g/mol. The molecule has 33 heavy (non-hydrogen) atoms. The first-order valence-corrected chi connectivity index (χ1v) is 10.9. The van der Waals surface area contributed by atoms with E-state index in [1.54, 1.807) is 52.3 Å². The van der Waals surface area contributed by atoms with E-state index in [1.807, 2.05) is 27.7 Å². The largest absolute Gasteiger partial charge is 0.573 e. The summed E-state index contributed by atoms with van der Waals surface area (Å²) >= 11 is 11.9. The standard InChI is InChI=1S/C16H13Cl2F3O2.C8H18O2/c1-9-3-6-14(15(7-9)23-16(19,20)21)22-10(2)12-5-4-11(17)8-13(12)18;1-7(2,9-5)8(3,4)10-6/h3-8,10H,1-2H3;1-6H3. The minimum Gasteiger partial charge on any atom is -0.482 e. The van der Waals surface area contributed by atoms with E-state index in [1.165, 1.54) is 12.1 Å². The molecule has 0 radical (unpaired) electrons. The number of rotatable bonds is 7. The van der Waals surface area contributed by atoms with Gasteiger partial charge in [0.1, 0.15) is 6.10 Å². The topological polar surface area (TPSA) is 36.9 Å². The zero-order valence-electron chi connectivity index (χ0n) is 20.1. The van der Waals surface area contributed by atoms with Crippen LogP contribution in [0.3, 0.4) is 0 Å². The van der Waals surface area contributed by atoms with Crippen LogP contribution in [0, 0.1) is 6.92 Å². The van der Waals surface area contributed by atoms with Crippen molar-refractivity contribution in [2.24, 2.45) is 0 Å². The maximum absolute atomic E-state index is 12.5. The van der Waals surface area contributed by atoms with E-state index in [9.17, 15) is 13.2 Å². The molecular formula is C24H31Cl2F3O4. The smallest absolute Gasteiger partial charge is 0.482 e. The van der Waals surface area contributed by atoms with Gasteiger partial charge in [-0.3, -0.25) is 0 Å². The summed E-state index contributed by atoms with van der Waals surface area (Å²) in [6.45, 7) is 11.4. The highest BCUT2D eigenvalue weighted by Crippen LogP contribution is 2.37. The fourth-order valence-electron chi connectivity index (χ4n) is 2.49. The quantitative estimate of drug-likeness (QED) is 0.376. The number of alkyl halides is 3. The van der Waals surface area contributed by atoms with Crippen LogP contribution in [0.2, 0.25) is 10.0 Å². The molecule has 0 aliphatic carbocycles. The van der Waals surface area contributed by atoms with Gasteiger partial charge in [-0.25, -0.2) is 0 Å². The number of benzene rings is 2. The second kappa shape index (κ2) is 11.6. The average Bonchev–Trinajstić information content (AvgIpc) is 2.69. The predicted molar refractivity (Wildman–Crippen MR) is 126 cm³/mol. The molecule has 4 nitrogen and oxygen atoms in total. The van der Waals surface area contributed by atoms with Crippen molar-refractivity contribution in [1.29, 1.82) is 0 Å². The SMILES string of the molecule is COC(C)(C)C(C)(C)OC.Cc1ccc(OC(C)c2ccc(Cl)cc2Cl)c(OC(F)(F)F)c1. The van der Waals surface area contributed by atoms with Gasteiger partial charge >= 0.3 is 6.36 Å². The van der Waals surface area contributed by atoms with Crippen LogP contribution in [-0.4, -0.2) is 31.8 Å². The van der Waals surface area contributed by atoms with Crippen LogP contribution in [0.15, 0.2) is 36.4 Å². The first-order valence-electron chi connectivity index (χ1n) is 10.1. The van der Waals surface area contributed by atoms with Gasteiger partial charge in [0.05, 0.1) is 11.2 Å². The van der Waals surface area contributed by atoms with Gasteiger partial charge in [0.15, 0.2) is 11.5 Å². The summed E-state index contributed by atoms with van der Waals surface area (Å²) in [5.74, 6) is -0.416. The molecule has 186 valence electrons. The van der Waals surface area contributed by atoms with Crippen molar-refractivity contribution in [3.8, 4) is 11.5 Å². The number of hydrogen-bond acceptors (Lipinski definition) is 4. The van der Waals surface area contributed by atoms with E-state index in [0.29, 0.717) is 21.2 Å². The third-order valence-electron chi connectivity index (χ3n) is 5.50. The number of methoxy groups -OCH3 is 2. The van der Waals surface area contributed by atoms with Crippen molar-refractivity contribution < 1.29 is 32.1 Å². The zero-order valence-corrected chi connectivity index (χ0v) is 21.6. The molecule has 0 aliphatic rings. The van der Waals surface area contributed by atoms with Crippen molar-refractivity contribution in [3.63, 3.8) is 0 Å². The fraction of sp³-hybridized carbons (Fsp3) is 0.500.